The molecule has 1 amide bonds. The lowest BCUT2D eigenvalue weighted by atomic mass is 9.81. The quantitative estimate of drug-likeness (QED) is 0.753. The van der Waals surface area contributed by atoms with Crippen LogP contribution >= 0.6 is 0 Å². The van der Waals surface area contributed by atoms with E-state index >= 15 is 0 Å². The molecule has 1 aliphatic carbocycles. The highest BCUT2D eigenvalue weighted by Gasteiger charge is 2.30. The summed E-state index contributed by atoms with van der Waals surface area (Å²) in [4.78, 5) is 11.2. The van der Waals surface area contributed by atoms with Crippen molar-refractivity contribution in [1.82, 2.24) is 5.32 Å². The predicted octanol–water partition coefficient (Wildman–Crippen LogP) is 1.99. The van der Waals surface area contributed by atoms with Gasteiger partial charge in [0.25, 0.3) is 0 Å². The van der Waals surface area contributed by atoms with Gasteiger partial charge in [-0.1, -0.05) is 32.1 Å². The summed E-state index contributed by atoms with van der Waals surface area (Å²) in [7, 11) is 0. The van der Waals surface area contributed by atoms with Crippen LogP contribution in [0.5, 0.6) is 0 Å². The molecular weight excluding hydrogens is 190 g/mol. The van der Waals surface area contributed by atoms with E-state index in [9.17, 15) is 4.79 Å². The third-order valence-electron chi connectivity index (χ3n) is 3.34. The summed E-state index contributed by atoms with van der Waals surface area (Å²) in [6.45, 7) is 1.73. The third kappa shape index (κ3) is 4.20. The van der Waals surface area contributed by atoms with Gasteiger partial charge < -0.3 is 10.4 Å². The normalized spacial score (nSPS) is 21.5. The Morgan fingerprint density at radius 3 is 2.20 bits per heavy atom. The van der Waals surface area contributed by atoms with Crippen LogP contribution in [-0.2, 0) is 4.79 Å². The molecule has 0 saturated heterocycles. The monoisotopic (exact) mass is 213 g/mol. The van der Waals surface area contributed by atoms with E-state index in [1.807, 2.05) is 0 Å². The highest BCUT2D eigenvalue weighted by molar-refractivity contribution is 5.73. The van der Waals surface area contributed by atoms with Gasteiger partial charge in [-0.25, -0.2) is 0 Å². The van der Waals surface area contributed by atoms with Gasteiger partial charge in [-0.15, -0.1) is 0 Å². The molecule has 3 nitrogen and oxygen atoms in total. The molecule has 1 fully saturated rings. The van der Waals surface area contributed by atoms with Crippen LogP contribution in [0.25, 0.3) is 0 Å². The Bertz CT molecular complexity index is 196. The van der Waals surface area contributed by atoms with Gasteiger partial charge in [0.1, 0.15) is 0 Å². The first-order valence-electron chi connectivity index (χ1n) is 6.08. The van der Waals surface area contributed by atoms with Crippen LogP contribution in [0.3, 0.4) is 0 Å². The van der Waals surface area contributed by atoms with E-state index in [-0.39, 0.29) is 18.1 Å². The molecule has 0 aromatic carbocycles. The van der Waals surface area contributed by atoms with Gasteiger partial charge in [0.15, 0.2) is 0 Å². The number of carbonyl (C=O) groups excluding carboxylic acids is 1. The standard InChI is InChI=1S/C12H23NO2/c1-11(15)13-12(9-10-14)7-5-3-2-4-6-8-12/h14H,2-10H2,1H3,(H,13,15). The van der Waals surface area contributed by atoms with Crippen LogP contribution in [-0.4, -0.2) is 23.2 Å². The number of amides is 1. The maximum absolute atomic E-state index is 11.2. The molecule has 0 atom stereocenters. The molecule has 0 aromatic rings. The molecule has 1 aliphatic rings. The maximum atomic E-state index is 11.2. The minimum atomic E-state index is -0.124. The van der Waals surface area contributed by atoms with E-state index in [2.05, 4.69) is 5.32 Å². The molecular formula is C12H23NO2. The second-order valence-electron chi connectivity index (χ2n) is 4.70. The van der Waals surface area contributed by atoms with Crippen LogP contribution in [0.2, 0.25) is 0 Å². The first kappa shape index (κ1) is 12.5. The lowest BCUT2D eigenvalue weighted by Crippen LogP contribution is -2.48. The highest BCUT2D eigenvalue weighted by Crippen LogP contribution is 2.28. The fourth-order valence-electron chi connectivity index (χ4n) is 2.61. The molecule has 0 unspecified atom stereocenters. The fraction of sp³-hybridized carbons (Fsp3) is 0.917. The predicted molar refractivity (Wildman–Crippen MR) is 60.6 cm³/mol. The molecule has 0 bridgehead atoms. The molecule has 0 heterocycles. The van der Waals surface area contributed by atoms with E-state index in [1.165, 1.54) is 32.1 Å². The smallest absolute Gasteiger partial charge is 0.217 e. The molecule has 15 heavy (non-hydrogen) atoms. The Morgan fingerprint density at radius 1 is 1.20 bits per heavy atom. The summed E-state index contributed by atoms with van der Waals surface area (Å²) < 4.78 is 0. The van der Waals surface area contributed by atoms with Crippen molar-refractivity contribution in [1.29, 1.82) is 0 Å². The van der Waals surface area contributed by atoms with Crippen LogP contribution in [0.4, 0.5) is 0 Å². The summed E-state index contributed by atoms with van der Waals surface area (Å²) >= 11 is 0. The largest absolute Gasteiger partial charge is 0.396 e. The zero-order valence-corrected chi connectivity index (χ0v) is 9.72. The van der Waals surface area contributed by atoms with Crippen molar-refractivity contribution in [2.75, 3.05) is 6.61 Å². The maximum Gasteiger partial charge on any atom is 0.217 e. The number of aliphatic hydroxyl groups excluding tert-OH is 1. The molecule has 1 rings (SSSR count). The molecule has 1 saturated carbocycles. The lowest BCUT2D eigenvalue weighted by Gasteiger charge is -2.35. The summed E-state index contributed by atoms with van der Waals surface area (Å²) in [5.74, 6) is 0.0315. The zero-order chi connectivity index (χ0) is 11.1. The third-order valence-corrected chi connectivity index (χ3v) is 3.34. The minimum absolute atomic E-state index is 0.0315. The van der Waals surface area contributed by atoms with Crippen LogP contribution < -0.4 is 5.32 Å². The Hall–Kier alpha value is -0.570. The molecule has 0 aliphatic heterocycles. The van der Waals surface area contributed by atoms with Crippen molar-refractivity contribution in [2.24, 2.45) is 0 Å². The molecule has 0 radical (unpaired) electrons. The second kappa shape index (κ2) is 6.11. The first-order chi connectivity index (χ1) is 7.18. The van der Waals surface area contributed by atoms with Gasteiger partial charge >= 0.3 is 0 Å². The van der Waals surface area contributed by atoms with Crippen molar-refractivity contribution < 1.29 is 9.90 Å². The highest BCUT2D eigenvalue weighted by atomic mass is 16.3. The van der Waals surface area contributed by atoms with Gasteiger partial charge in [0.05, 0.1) is 0 Å². The average molecular weight is 213 g/mol. The van der Waals surface area contributed by atoms with Crippen molar-refractivity contribution in [3.8, 4) is 0 Å². The van der Waals surface area contributed by atoms with E-state index < -0.39 is 0 Å². The topological polar surface area (TPSA) is 49.3 Å². The molecule has 88 valence electrons. The Kier molecular flexibility index (Phi) is 5.09. The van der Waals surface area contributed by atoms with Crippen molar-refractivity contribution >= 4 is 5.91 Å². The number of rotatable bonds is 3. The molecule has 3 heteroatoms. The number of aliphatic hydroxyl groups is 1. The lowest BCUT2D eigenvalue weighted by molar-refractivity contribution is -0.121. The van der Waals surface area contributed by atoms with E-state index in [1.54, 1.807) is 6.92 Å². The van der Waals surface area contributed by atoms with Crippen molar-refractivity contribution in [3.63, 3.8) is 0 Å². The van der Waals surface area contributed by atoms with Crippen LogP contribution in [0.15, 0.2) is 0 Å². The summed E-state index contributed by atoms with van der Waals surface area (Å²) in [6.07, 6.45) is 8.90. The number of carbonyl (C=O) groups is 1. The molecule has 2 N–H and O–H groups in total. The van der Waals surface area contributed by atoms with E-state index in [0.29, 0.717) is 6.42 Å². The molecule has 0 spiro atoms. The average Bonchev–Trinajstić information content (AvgIpc) is 2.11. The Balaban J connectivity index is 2.61. The van der Waals surface area contributed by atoms with Gasteiger partial charge in [0, 0.05) is 19.1 Å². The van der Waals surface area contributed by atoms with Gasteiger partial charge in [0.2, 0.25) is 5.91 Å². The fourth-order valence-corrected chi connectivity index (χ4v) is 2.61. The summed E-state index contributed by atoms with van der Waals surface area (Å²) in [6, 6.07) is 0. The zero-order valence-electron chi connectivity index (χ0n) is 9.72. The number of hydrogen-bond donors (Lipinski definition) is 2. The van der Waals surface area contributed by atoms with E-state index in [4.69, 9.17) is 5.11 Å². The Labute approximate surface area is 92.3 Å². The van der Waals surface area contributed by atoms with Crippen LogP contribution in [0.1, 0.15) is 58.3 Å². The van der Waals surface area contributed by atoms with Gasteiger partial charge in [-0.05, 0) is 19.3 Å². The van der Waals surface area contributed by atoms with Crippen molar-refractivity contribution in [3.05, 3.63) is 0 Å². The number of nitrogens with one attached hydrogen (secondary N) is 1. The second-order valence-corrected chi connectivity index (χ2v) is 4.70. The summed E-state index contributed by atoms with van der Waals surface area (Å²) in [5.41, 5.74) is -0.124. The first-order valence-corrected chi connectivity index (χ1v) is 6.08. The van der Waals surface area contributed by atoms with Gasteiger partial charge in [-0.3, -0.25) is 4.79 Å². The number of hydrogen-bond acceptors (Lipinski definition) is 2. The van der Waals surface area contributed by atoms with E-state index in [0.717, 1.165) is 12.8 Å². The molecule has 0 aromatic heterocycles. The Morgan fingerprint density at radius 2 is 1.73 bits per heavy atom. The minimum Gasteiger partial charge on any atom is -0.396 e. The SMILES string of the molecule is CC(=O)NC1(CCO)CCCCCCC1. The van der Waals surface area contributed by atoms with Gasteiger partial charge in [-0.2, -0.15) is 0 Å². The summed E-state index contributed by atoms with van der Waals surface area (Å²) in [5, 5.41) is 12.2. The van der Waals surface area contributed by atoms with Crippen molar-refractivity contribution in [2.45, 2.75) is 63.8 Å². The van der Waals surface area contributed by atoms with Crippen LogP contribution in [0, 0.1) is 0 Å².